The number of thioether (sulfide) groups is 1. The molecule has 4 heterocycles. The maximum atomic E-state index is 5.98. The summed E-state index contributed by atoms with van der Waals surface area (Å²) in [6.07, 6.45) is 2.12. The van der Waals surface area contributed by atoms with Gasteiger partial charge in [-0.2, -0.15) is 11.8 Å². The predicted octanol–water partition coefficient (Wildman–Crippen LogP) is 4.62. The van der Waals surface area contributed by atoms with Gasteiger partial charge < -0.3 is 18.9 Å². The first-order valence-electron chi connectivity index (χ1n) is 7.47. The summed E-state index contributed by atoms with van der Waals surface area (Å²) in [5, 5.41) is 2.01. The molecule has 124 valence electrons. The minimum atomic E-state index is -0.0254. The van der Waals surface area contributed by atoms with E-state index >= 15 is 0 Å². The summed E-state index contributed by atoms with van der Waals surface area (Å²) in [5.74, 6) is 3.43. The first-order valence-corrected chi connectivity index (χ1v) is 10.4. The van der Waals surface area contributed by atoms with Crippen LogP contribution >= 0.6 is 34.4 Å². The summed E-state index contributed by atoms with van der Waals surface area (Å²) < 4.78 is 23.5. The zero-order valence-electron chi connectivity index (χ0n) is 13.3. The lowest BCUT2D eigenvalue weighted by atomic mass is 10.1. The molecule has 0 atom stereocenters. The Labute approximate surface area is 147 Å². The van der Waals surface area contributed by atoms with Crippen molar-refractivity contribution in [1.82, 2.24) is 0 Å². The Hall–Kier alpha value is -1.05. The smallest absolute Gasteiger partial charge is 0.181 e. The summed E-state index contributed by atoms with van der Waals surface area (Å²) >= 11 is 5.20. The third kappa shape index (κ3) is 2.49. The van der Waals surface area contributed by atoms with E-state index in [0.717, 1.165) is 32.8 Å². The quantitative estimate of drug-likeness (QED) is 0.788. The molecule has 2 aromatic rings. The van der Waals surface area contributed by atoms with Crippen molar-refractivity contribution in [2.24, 2.45) is 0 Å². The highest BCUT2D eigenvalue weighted by Crippen LogP contribution is 2.59. The van der Waals surface area contributed by atoms with Crippen LogP contribution in [0.25, 0.3) is 9.75 Å². The van der Waals surface area contributed by atoms with Crippen LogP contribution in [0.3, 0.4) is 0 Å². The Kier molecular flexibility index (Phi) is 3.90. The molecule has 4 rings (SSSR count). The fourth-order valence-electron chi connectivity index (χ4n) is 2.61. The molecule has 0 saturated carbocycles. The fourth-order valence-corrected chi connectivity index (χ4v) is 5.52. The van der Waals surface area contributed by atoms with Crippen LogP contribution < -0.4 is 18.9 Å². The van der Waals surface area contributed by atoms with E-state index in [1.165, 1.54) is 4.88 Å². The lowest BCUT2D eigenvalue weighted by Gasteiger charge is -2.24. The minimum Gasteiger partial charge on any atom is -0.485 e. The van der Waals surface area contributed by atoms with Gasteiger partial charge >= 0.3 is 0 Å². The van der Waals surface area contributed by atoms with Crippen LogP contribution in [-0.2, 0) is 4.75 Å². The highest BCUT2D eigenvalue weighted by Gasteiger charge is 2.35. The second kappa shape index (κ2) is 5.79. The standard InChI is InChI=1S/C16H18O4S3/c1-16(2,21-3)15-12-11(19-6-7-20-12)14(23-15)13-10-9(8-22-13)17-4-5-18-10/h8H,4-7H2,1-3H3. The molecule has 0 spiro atoms. The SMILES string of the molecule is CSC(C)(C)c1sc(-c2scc3c2OCCO3)c2c1OCCO2. The predicted molar refractivity (Wildman–Crippen MR) is 96.2 cm³/mol. The van der Waals surface area contributed by atoms with Crippen LogP contribution in [0.1, 0.15) is 18.7 Å². The fraction of sp³-hybridized carbons (Fsp3) is 0.500. The van der Waals surface area contributed by atoms with Crippen molar-refractivity contribution in [2.45, 2.75) is 18.6 Å². The van der Waals surface area contributed by atoms with E-state index in [4.69, 9.17) is 18.9 Å². The Balaban J connectivity index is 1.88. The highest BCUT2D eigenvalue weighted by molar-refractivity contribution is 7.99. The van der Waals surface area contributed by atoms with Gasteiger partial charge in [0.15, 0.2) is 23.0 Å². The average Bonchev–Trinajstić information content (AvgIpc) is 3.16. The zero-order valence-corrected chi connectivity index (χ0v) is 15.7. The lowest BCUT2D eigenvalue weighted by Crippen LogP contribution is -2.18. The molecule has 0 aliphatic carbocycles. The monoisotopic (exact) mass is 370 g/mol. The third-order valence-electron chi connectivity index (χ3n) is 3.96. The summed E-state index contributed by atoms with van der Waals surface area (Å²) in [7, 11) is 0. The van der Waals surface area contributed by atoms with E-state index in [-0.39, 0.29) is 4.75 Å². The number of thiophene rings is 2. The van der Waals surface area contributed by atoms with E-state index in [0.29, 0.717) is 26.4 Å². The van der Waals surface area contributed by atoms with Crippen molar-refractivity contribution in [3.63, 3.8) is 0 Å². The third-order valence-corrected chi connectivity index (χ3v) is 7.90. The summed E-state index contributed by atoms with van der Waals surface area (Å²) in [4.78, 5) is 3.39. The van der Waals surface area contributed by atoms with E-state index in [9.17, 15) is 0 Å². The number of hydrogen-bond donors (Lipinski definition) is 0. The molecule has 2 aromatic heterocycles. The van der Waals surface area contributed by atoms with Gasteiger partial charge in [-0.25, -0.2) is 0 Å². The normalized spacial score (nSPS) is 16.5. The molecular formula is C16H18O4S3. The molecule has 0 amide bonds. The minimum absolute atomic E-state index is 0.0254. The second-order valence-corrected chi connectivity index (χ2v) is 9.11. The van der Waals surface area contributed by atoms with E-state index < -0.39 is 0 Å². The van der Waals surface area contributed by atoms with E-state index in [2.05, 4.69) is 20.1 Å². The number of hydrogen-bond acceptors (Lipinski definition) is 7. The van der Waals surface area contributed by atoms with Crippen molar-refractivity contribution >= 4 is 34.4 Å². The molecule has 0 N–H and O–H groups in total. The van der Waals surface area contributed by atoms with Gasteiger partial charge in [0, 0.05) is 10.1 Å². The van der Waals surface area contributed by atoms with Crippen molar-refractivity contribution in [3.8, 4) is 32.8 Å². The van der Waals surface area contributed by atoms with Crippen LogP contribution in [0.2, 0.25) is 0 Å². The molecule has 0 aromatic carbocycles. The largest absolute Gasteiger partial charge is 0.485 e. The topological polar surface area (TPSA) is 36.9 Å². The molecule has 0 bridgehead atoms. The molecule has 2 aliphatic heterocycles. The van der Waals surface area contributed by atoms with Crippen molar-refractivity contribution in [1.29, 1.82) is 0 Å². The molecule has 4 nitrogen and oxygen atoms in total. The van der Waals surface area contributed by atoms with Gasteiger partial charge in [0.2, 0.25) is 0 Å². The first kappa shape index (κ1) is 15.5. The van der Waals surface area contributed by atoms with Gasteiger partial charge in [0.05, 0.1) is 14.6 Å². The maximum absolute atomic E-state index is 5.98. The number of fused-ring (bicyclic) bond motifs is 2. The zero-order chi connectivity index (χ0) is 16.0. The van der Waals surface area contributed by atoms with Gasteiger partial charge in [0.1, 0.15) is 26.4 Å². The van der Waals surface area contributed by atoms with Crippen molar-refractivity contribution < 1.29 is 18.9 Å². The second-order valence-electron chi connectivity index (χ2n) is 5.79. The van der Waals surface area contributed by atoms with Gasteiger partial charge in [-0.3, -0.25) is 0 Å². The molecular weight excluding hydrogens is 352 g/mol. The molecule has 0 fully saturated rings. The Bertz CT molecular complexity index is 732. The van der Waals surface area contributed by atoms with Crippen LogP contribution in [-0.4, -0.2) is 32.7 Å². The summed E-state index contributed by atoms with van der Waals surface area (Å²) in [6.45, 7) is 6.81. The highest BCUT2D eigenvalue weighted by atomic mass is 32.2. The van der Waals surface area contributed by atoms with Gasteiger partial charge in [-0.15, -0.1) is 22.7 Å². The van der Waals surface area contributed by atoms with Crippen molar-refractivity contribution in [2.75, 3.05) is 32.7 Å². The Morgan fingerprint density at radius 3 is 2.30 bits per heavy atom. The Morgan fingerprint density at radius 2 is 1.57 bits per heavy atom. The first-order chi connectivity index (χ1) is 11.1. The number of rotatable bonds is 3. The van der Waals surface area contributed by atoms with Crippen LogP contribution in [0.5, 0.6) is 23.0 Å². The summed E-state index contributed by atoms with van der Waals surface area (Å²) in [5.41, 5.74) is 0. The van der Waals surface area contributed by atoms with Crippen molar-refractivity contribution in [3.05, 3.63) is 10.3 Å². The van der Waals surface area contributed by atoms with E-state index in [1.807, 2.05) is 17.1 Å². The molecule has 23 heavy (non-hydrogen) atoms. The molecule has 2 aliphatic rings. The van der Waals surface area contributed by atoms with Crippen LogP contribution in [0.15, 0.2) is 5.38 Å². The molecule has 0 radical (unpaired) electrons. The van der Waals surface area contributed by atoms with Crippen LogP contribution in [0, 0.1) is 0 Å². The van der Waals surface area contributed by atoms with E-state index in [1.54, 1.807) is 22.7 Å². The lowest BCUT2D eigenvalue weighted by molar-refractivity contribution is 0.170. The number of ether oxygens (including phenoxy) is 4. The molecule has 7 heteroatoms. The molecule has 0 unspecified atom stereocenters. The van der Waals surface area contributed by atoms with Gasteiger partial charge in [-0.05, 0) is 20.1 Å². The Morgan fingerprint density at radius 1 is 0.913 bits per heavy atom. The van der Waals surface area contributed by atoms with Crippen LogP contribution in [0.4, 0.5) is 0 Å². The average molecular weight is 371 g/mol. The van der Waals surface area contributed by atoms with Gasteiger partial charge in [-0.1, -0.05) is 0 Å². The molecule has 0 saturated heterocycles. The van der Waals surface area contributed by atoms with Gasteiger partial charge in [0.25, 0.3) is 0 Å². The maximum Gasteiger partial charge on any atom is 0.181 e. The summed E-state index contributed by atoms with van der Waals surface area (Å²) in [6, 6.07) is 0.